The first kappa shape index (κ1) is 9.52. The van der Waals surface area contributed by atoms with Gasteiger partial charge in [-0.1, -0.05) is 0 Å². The fourth-order valence-corrected chi connectivity index (χ4v) is 1.36. The molecule has 1 amide bonds. The van der Waals surface area contributed by atoms with Gasteiger partial charge in [0.15, 0.2) is 0 Å². The molecule has 0 aromatic rings. The molecule has 0 spiro atoms. The van der Waals surface area contributed by atoms with Crippen LogP contribution in [0, 0.1) is 0 Å². The summed E-state index contributed by atoms with van der Waals surface area (Å²) in [5, 5.41) is 9.40. The zero-order chi connectivity index (χ0) is 9.35. The summed E-state index contributed by atoms with van der Waals surface area (Å²) in [5.74, 6) is 0.0706. The molecule has 0 aliphatic carbocycles. The predicted octanol–water partition coefficient (Wildman–Crippen LogP) is 0.768. The Morgan fingerprint density at radius 1 is 1.67 bits per heavy atom. The molecule has 70 valence electrons. The second kappa shape index (κ2) is 3.05. The lowest BCUT2D eigenvalue weighted by Gasteiger charge is -2.39. The van der Waals surface area contributed by atoms with Crippen molar-refractivity contribution in [2.45, 2.75) is 45.3 Å². The summed E-state index contributed by atoms with van der Waals surface area (Å²) < 4.78 is 0. The van der Waals surface area contributed by atoms with Gasteiger partial charge in [-0.3, -0.25) is 4.79 Å². The largest absolute Gasteiger partial charge is 0.390 e. The van der Waals surface area contributed by atoms with E-state index >= 15 is 0 Å². The monoisotopic (exact) mass is 171 g/mol. The van der Waals surface area contributed by atoms with Crippen LogP contribution in [-0.2, 0) is 4.79 Å². The highest BCUT2D eigenvalue weighted by molar-refractivity contribution is 5.78. The molecular formula is C9H17NO2. The van der Waals surface area contributed by atoms with Gasteiger partial charge in [-0.15, -0.1) is 0 Å². The van der Waals surface area contributed by atoms with E-state index in [4.69, 9.17) is 0 Å². The van der Waals surface area contributed by atoms with Crippen LogP contribution in [-0.4, -0.2) is 34.1 Å². The molecule has 1 N–H and O–H groups in total. The Morgan fingerprint density at radius 3 is 2.50 bits per heavy atom. The number of hydrogen-bond donors (Lipinski definition) is 1. The Hall–Kier alpha value is -0.570. The molecule has 0 aromatic carbocycles. The van der Waals surface area contributed by atoms with Crippen molar-refractivity contribution in [3.05, 3.63) is 0 Å². The van der Waals surface area contributed by atoms with Crippen LogP contribution in [0.15, 0.2) is 0 Å². The van der Waals surface area contributed by atoms with Gasteiger partial charge in [0.25, 0.3) is 0 Å². The van der Waals surface area contributed by atoms with Crippen molar-refractivity contribution < 1.29 is 9.90 Å². The van der Waals surface area contributed by atoms with E-state index in [9.17, 15) is 9.90 Å². The Bertz CT molecular complexity index is 183. The first-order valence-electron chi connectivity index (χ1n) is 4.42. The fraction of sp³-hybridized carbons (Fsp3) is 0.889. The lowest BCUT2D eigenvalue weighted by atomic mass is 10.00. The standard InChI is InChI=1S/C9H17NO2/c1-7-4-5-10(7)8(11)6-9(2,3)12/h7,12H,4-6H2,1-3H3. The zero-order valence-corrected chi connectivity index (χ0v) is 8.00. The number of nitrogens with zero attached hydrogens (tertiary/aromatic N) is 1. The maximum absolute atomic E-state index is 11.4. The van der Waals surface area contributed by atoms with Crippen LogP contribution in [0.3, 0.4) is 0 Å². The molecule has 1 atom stereocenters. The number of carbonyl (C=O) groups is 1. The third-order valence-electron chi connectivity index (χ3n) is 2.22. The van der Waals surface area contributed by atoms with E-state index in [0.29, 0.717) is 6.04 Å². The highest BCUT2D eigenvalue weighted by atomic mass is 16.3. The maximum atomic E-state index is 11.4. The summed E-state index contributed by atoms with van der Waals surface area (Å²) in [6.45, 7) is 6.21. The number of rotatable bonds is 2. The molecule has 1 unspecified atom stereocenters. The van der Waals surface area contributed by atoms with Crippen molar-refractivity contribution in [3.63, 3.8) is 0 Å². The third kappa shape index (κ3) is 2.21. The fourth-order valence-electron chi connectivity index (χ4n) is 1.36. The summed E-state index contributed by atoms with van der Waals surface area (Å²) in [7, 11) is 0. The Morgan fingerprint density at radius 2 is 2.25 bits per heavy atom. The van der Waals surface area contributed by atoms with Gasteiger partial charge < -0.3 is 10.0 Å². The molecule has 1 aliphatic heterocycles. The zero-order valence-electron chi connectivity index (χ0n) is 8.00. The van der Waals surface area contributed by atoms with Crippen LogP contribution >= 0.6 is 0 Å². The van der Waals surface area contributed by atoms with Crippen LogP contribution in [0.1, 0.15) is 33.6 Å². The van der Waals surface area contributed by atoms with Gasteiger partial charge in [-0.05, 0) is 27.2 Å². The highest BCUT2D eigenvalue weighted by Gasteiger charge is 2.31. The van der Waals surface area contributed by atoms with Crippen LogP contribution < -0.4 is 0 Å². The third-order valence-corrected chi connectivity index (χ3v) is 2.22. The van der Waals surface area contributed by atoms with Gasteiger partial charge in [-0.2, -0.15) is 0 Å². The molecule has 1 saturated heterocycles. The molecule has 1 fully saturated rings. The van der Waals surface area contributed by atoms with E-state index in [2.05, 4.69) is 0 Å². The molecule has 3 nitrogen and oxygen atoms in total. The number of hydrogen-bond acceptors (Lipinski definition) is 2. The Kier molecular flexibility index (Phi) is 2.42. The van der Waals surface area contributed by atoms with Gasteiger partial charge in [0.2, 0.25) is 5.91 Å². The van der Waals surface area contributed by atoms with Gasteiger partial charge in [0, 0.05) is 12.6 Å². The van der Waals surface area contributed by atoms with Gasteiger partial charge in [0.05, 0.1) is 12.0 Å². The minimum absolute atomic E-state index is 0.0706. The van der Waals surface area contributed by atoms with Crippen LogP contribution in [0.4, 0.5) is 0 Å². The van der Waals surface area contributed by atoms with E-state index in [1.807, 2.05) is 11.8 Å². The first-order valence-corrected chi connectivity index (χ1v) is 4.42. The molecule has 0 saturated carbocycles. The summed E-state index contributed by atoms with van der Waals surface area (Å²) >= 11 is 0. The number of amides is 1. The van der Waals surface area contributed by atoms with Crippen molar-refractivity contribution in [2.75, 3.05) is 6.54 Å². The minimum atomic E-state index is -0.869. The second-order valence-electron chi connectivity index (χ2n) is 4.21. The molecule has 0 bridgehead atoms. The number of likely N-dealkylation sites (tertiary alicyclic amines) is 1. The molecule has 0 aromatic heterocycles. The van der Waals surface area contributed by atoms with Crippen molar-refractivity contribution in [3.8, 4) is 0 Å². The molecule has 12 heavy (non-hydrogen) atoms. The van der Waals surface area contributed by atoms with Crippen LogP contribution in [0.2, 0.25) is 0 Å². The van der Waals surface area contributed by atoms with Crippen LogP contribution in [0.5, 0.6) is 0 Å². The number of carbonyl (C=O) groups excluding carboxylic acids is 1. The molecule has 3 heteroatoms. The topological polar surface area (TPSA) is 40.5 Å². The molecule has 1 aliphatic rings. The van der Waals surface area contributed by atoms with E-state index in [-0.39, 0.29) is 12.3 Å². The number of aliphatic hydroxyl groups is 1. The van der Waals surface area contributed by atoms with Crippen molar-refractivity contribution in [2.24, 2.45) is 0 Å². The Balaban J connectivity index is 2.39. The average Bonchev–Trinajstić information content (AvgIpc) is 1.79. The summed E-state index contributed by atoms with van der Waals surface area (Å²) in [6, 6.07) is 0.375. The summed E-state index contributed by atoms with van der Waals surface area (Å²) in [5.41, 5.74) is -0.869. The lowest BCUT2D eigenvalue weighted by molar-refractivity contribution is -0.142. The second-order valence-corrected chi connectivity index (χ2v) is 4.21. The lowest BCUT2D eigenvalue weighted by Crippen LogP contribution is -2.50. The van der Waals surface area contributed by atoms with E-state index in [1.165, 1.54) is 0 Å². The van der Waals surface area contributed by atoms with Crippen LogP contribution in [0.25, 0.3) is 0 Å². The Labute approximate surface area is 73.4 Å². The normalized spacial score (nSPS) is 23.7. The molecular weight excluding hydrogens is 154 g/mol. The summed E-state index contributed by atoms with van der Waals surface area (Å²) in [4.78, 5) is 13.2. The smallest absolute Gasteiger partial charge is 0.225 e. The van der Waals surface area contributed by atoms with Gasteiger partial charge >= 0.3 is 0 Å². The van der Waals surface area contributed by atoms with Crippen molar-refractivity contribution in [1.29, 1.82) is 0 Å². The SMILES string of the molecule is CC1CCN1C(=O)CC(C)(C)O. The molecule has 1 heterocycles. The van der Waals surface area contributed by atoms with Gasteiger partial charge in [0.1, 0.15) is 0 Å². The average molecular weight is 171 g/mol. The van der Waals surface area contributed by atoms with Crippen molar-refractivity contribution in [1.82, 2.24) is 4.90 Å². The predicted molar refractivity (Wildman–Crippen MR) is 46.7 cm³/mol. The van der Waals surface area contributed by atoms with Gasteiger partial charge in [-0.25, -0.2) is 0 Å². The first-order chi connectivity index (χ1) is 5.40. The molecule has 1 rings (SSSR count). The van der Waals surface area contributed by atoms with E-state index < -0.39 is 5.60 Å². The molecule has 0 radical (unpaired) electrons. The van der Waals surface area contributed by atoms with E-state index in [0.717, 1.165) is 13.0 Å². The summed E-state index contributed by atoms with van der Waals surface area (Å²) in [6.07, 6.45) is 1.33. The quantitative estimate of drug-likeness (QED) is 0.666. The van der Waals surface area contributed by atoms with Crippen molar-refractivity contribution >= 4 is 5.91 Å². The minimum Gasteiger partial charge on any atom is -0.390 e. The maximum Gasteiger partial charge on any atom is 0.225 e. The highest BCUT2D eigenvalue weighted by Crippen LogP contribution is 2.20. The van der Waals surface area contributed by atoms with E-state index in [1.54, 1.807) is 13.8 Å².